The molecule has 1 saturated carbocycles. The van der Waals surface area contributed by atoms with Gasteiger partial charge in [0, 0.05) is 6.04 Å². The van der Waals surface area contributed by atoms with Crippen molar-refractivity contribution in [2.24, 2.45) is 16.8 Å². The van der Waals surface area contributed by atoms with Crippen LogP contribution in [0, 0.1) is 11.8 Å². The fourth-order valence-corrected chi connectivity index (χ4v) is 4.75. The van der Waals surface area contributed by atoms with Gasteiger partial charge in [-0.2, -0.15) is 0 Å². The first kappa shape index (κ1) is 19.0. The summed E-state index contributed by atoms with van der Waals surface area (Å²) in [6, 6.07) is 6.77. The predicted molar refractivity (Wildman–Crippen MR) is 101 cm³/mol. The molecule has 8 heteroatoms. The Morgan fingerprint density at radius 1 is 1.23 bits per heavy atom. The molecule has 1 aliphatic heterocycles. The maximum absolute atomic E-state index is 12.5. The monoisotopic (exact) mass is 380 g/mol. The lowest BCUT2D eigenvalue weighted by Gasteiger charge is -2.42. The molecule has 3 atom stereocenters. The second kappa shape index (κ2) is 7.84. The maximum Gasteiger partial charge on any atom is 0.264 e. The summed E-state index contributed by atoms with van der Waals surface area (Å²) in [6.07, 6.45) is 3.71. The number of hydrogen-bond acceptors (Lipinski definition) is 6. The molecule has 0 unspecified atom stereocenters. The molecule has 0 radical (unpaired) electrons. The summed E-state index contributed by atoms with van der Waals surface area (Å²) in [5.41, 5.74) is 0. The molecule has 1 aromatic carbocycles. The Morgan fingerprint density at radius 3 is 2.58 bits per heavy atom. The van der Waals surface area contributed by atoms with Gasteiger partial charge in [0.25, 0.3) is 10.0 Å². The van der Waals surface area contributed by atoms with Crippen LogP contribution in [-0.2, 0) is 10.0 Å². The molecule has 7 nitrogen and oxygen atoms in total. The number of methoxy groups -OCH3 is 1. The van der Waals surface area contributed by atoms with E-state index in [1.165, 1.54) is 31.4 Å². The molecule has 1 heterocycles. The third-order valence-electron chi connectivity index (χ3n) is 5.59. The van der Waals surface area contributed by atoms with Crippen LogP contribution in [0.25, 0.3) is 0 Å². The number of guanidine groups is 1. The summed E-state index contributed by atoms with van der Waals surface area (Å²) < 4.78 is 32.6. The van der Waals surface area contributed by atoms with Crippen molar-refractivity contribution in [3.63, 3.8) is 0 Å². The number of ether oxygens (including phenoxy) is 1. The molecule has 0 bridgehead atoms. The van der Waals surface area contributed by atoms with Gasteiger partial charge in [0.05, 0.1) is 25.3 Å². The molecule has 3 rings (SSSR count). The third-order valence-corrected chi connectivity index (χ3v) is 6.95. The Kier molecular flexibility index (Phi) is 5.72. The van der Waals surface area contributed by atoms with E-state index in [1.807, 2.05) is 0 Å². The molecular weight excluding hydrogens is 352 g/mol. The van der Waals surface area contributed by atoms with Gasteiger partial charge in [0.15, 0.2) is 0 Å². The predicted octanol–water partition coefficient (Wildman–Crippen LogP) is 1.97. The van der Waals surface area contributed by atoms with Crippen molar-refractivity contribution in [3.05, 3.63) is 24.3 Å². The molecule has 0 spiro atoms. The van der Waals surface area contributed by atoms with Crippen LogP contribution in [0.1, 0.15) is 33.1 Å². The fraction of sp³-hybridized carbons (Fsp3) is 0.611. The topological polar surface area (TPSA) is 83.0 Å². The van der Waals surface area contributed by atoms with Crippen molar-refractivity contribution < 1.29 is 13.2 Å². The van der Waals surface area contributed by atoms with Crippen LogP contribution >= 0.6 is 0 Å². The zero-order valence-electron chi connectivity index (χ0n) is 15.6. The Bertz CT molecular complexity index is 748. The van der Waals surface area contributed by atoms with Crippen LogP contribution in [0.2, 0.25) is 0 Å². The lowest BCUT2D eigenvalue weighted by atomic mass is 9.77. The number of nitrogens with zero attached hydrogens (tertiary/aromatic N) is 2. The molecule has 1 aliphatic carbocycles. The minimum Gasteiger partial charge on any atom is -0.497 e. The number of benzene rings is 1. The van der Waals surface area contributed by atoms with Gasteiger partial charge in [-0.3, -0.25) is 4.90 Å². The Labute approximate surface area is 155 Å². The van der Waals surface area contributed by atoms with E-state index in [1.54, 1.807) is 19.2 Å². The molecule has 0 saturated heterocycles. The Hall–Kier alpha value is -1.80. The second-order valence-electron chi connectivity index (χ2n) is 7.19. The standard InChI is InChI=1S/C18H28N4O3S/c1-13-5-4-6-17(14(13)2)22-11-19-18(20-12-22)21-26(23,24)16-9-7-15(25-3)8-10-16/h7-10,13-14,17H,4-6,11-12H2,1-3H3,(H2,19,20,21)/t13-,14+,17-/m1/s1. The van der Waals surface area contributed by atoms with Crippen LogP contribution in [0.3, 0.4) is 0 Å². The summed E-state index contributed by atoms with van der Waals surface area (Å²) in [5, 5.41) is 3.11. The summed E-state index contributed by atoms with van der Waals surface area (Å²) >= 11 is 0. The Morgan fingerprint density at radius 2 is 1.96 bits per heavy atom. The van der Waals surface area contributed by atoms with Crippen molar-refractivity contribution in [1.29, 1.82) is 0 Å². The van der Waals surface area contributed by atoms with Crippen LogP contribution in [0.5, 0.6) is 5.75 Å². The second-order valence-corrected chi connectivity index (χ2v) is 8.87. The van der Waals surface area contributed by atoms with Crippen molar-refractivity contribution in [1.82, 2.24) is 14.9 Å². The normalized spacial score (nSPS) is 27.3. The number of sulfonamides is 1. The molecular formula is C18H28N4O3S. The fourth-order valence-electron chi connectivity index (χ4n) is 3.74. The van der Waals surface area contributed by atoms with E-state index in [0.29, 0.717) is 42.9 Å². The number of nitrogens with one attached hydrogen (secondary N) is 2. The quantitative estimate of drug-likeness (QED) is 0.835. The molecule has 144 valence electrons. The van der Waals surface area contributed by atoms with Crippen LogP contribution in [-0.4, -0.2) is 45.8 Å². The lowest BCUT2D eigenvalue weighted by molar-refractivity contribution is 0.0768. The largest absolute Gasteiger partial charge is 0.497 e. The van der Waals surface area contributed by atoms with Crippen molar-refractivity contribution in [2.45, 2.75) is 44.0 Å². The van der Waals surface area contributed by atoms with E-state index in [9.17, 15) is 8.42 Å². The highest BCUT2D eigenvalue weighted by atomic mass is 32.2. The van der Waals surface area contributed by atoms with Gasteiger partial charge in [-0.15, -0.1) is 0 Å². The first-order chi connectivity index (χ1) is 12.4. The van der Waals surface area contributed by atoms with Crippen LogP contribution in [0.4, 0.5) is 0 Å². The van der Waals surface area contributed by atoms with Gasteiger partial charge in [-0.05, 0) is 42.5 Å². The zero-order valence-corrected chi connectivity index (χ0v) is 16.4. The molecule has 26 heavy (non-hydrogen) atoms. The van der Waals surface area contributed by atoms with Crippen LogP contribution < -0.4 is 14.8 Å². The zero-order chi connectivity index (χ0) is 18.7. The average molecular weight is 381 g/mol. The van der Waals surface area contributed by atoms with E-state index in [0.717, 1.165) is 0 Å². The van der Waals surface area contributed by atoms with E-state index >= 15 is 0 Å². The third kappa shape index (κ3) is 4.12. The van der Waals surface area contributed by atoms with Gasteiger partial charge in [0.1, 0.15) is 5.75 Å². The number of aliphatic imine (C=N–C) groups is 1. The minimum atomic E-state index is -3.66. The minimum absolute atomic E-state index is 0.181. The molecule has 0 amide bonds. The molecule has 2 aliphatic rings. The van der Waals surface area contributed by atoms with Gasteiger partial charge in [-0.1, -0.05) is 26.7 Å². The van der Waals surface area contributed by atoms with Gasteiger partial charge < -0.3 is 10.1 Å². The molecule has 2 N–H and O–H groups in total. The van der Waals surface area contributed by atoms with Crippen molar-refractivity contribution in [3.8, 4) is 5.75 Å². The number of rotatable bonds is 4. The first-order valence-electron chi connectivity index (χ1n) is 9.10. The molecule has 0 aromatic heterocycles. The highest BCUT2D eigenvalue weighted by Crippen LogP contribution is 2.32. The summed E-state index contributed by atoms with van der Waals surface area (Å²) in [4.78, 5) is 6.88. The van der Waals surface area contributed by atoms with E-state index in [-0.39, 0.29) is 4.90 Å². The van der Waals surface area contributed by atoms with Gasteiger partial charge >= 0.3 is 0 Å². The average Bonchev–Trinajstić information content (AvgIpc) is 2.64. The number of hydrogen-bond donors (Lipinski definition) is 2. The summed E-state index contributed by atoms with van der Waals surface area (Å²) in [6.45, 7) is 5.73. The van der Waals surface area contributed by atoms with Crippen molar-refractivity contribution >= 4 is 16.0 Å². The van der Waals surface area contributed by atoms with E-state index in [2.05, 4.69) is 33.8 Å². The van der Waals surface area contributed by atoms with E-state index in [4.69, 9.17) is 4.74 Å². The van der Waals surface area contributed by atoms with E-state index < -0.39 is 10.0 Å². The van der Waals surface area contributed by atoms with Crippen LogP contribution in [0.15, 0.2) is 34.2 Å². The summed E-state index contributed by atoms with van der Waals surface area (Å²) in [7, 11) is -2.12. The maximum atomic E-state index is 12.5. The SMILES string of the molecule is COc1ccc(S(=O)(=O)NC2=NCN([C@@H]3CCC[C@@H](C)[C@@H]3C)CN2)cc1. The highest BCUT2D eigenvalue weighted by molar-refractivity contribution is 7.90. The van der Waals surface area contributed by atoms with Crippen molar-refractivity contribution in [2.75, 3.05) is 20.4 Å². The summed E-state index contributed by atoms with van der Waals surface area (Å²) in [5.74, 6) is 2.25. The Balaban J connectivity index is 1.63. The van der Waals surface area contributed by atoms with Gasteiger partial charge in [-0.25, -0.2) is 18.1 Å². The molecule has 1 aromatic rings. The smallest absolute Gasteiger partial charge is 0.264 e. The first-order valence-corrected chi connectivity index (χ1v) is 10.6. The molecule has 1 fully saturated rings. The van der Waals surface area contributed by atoms with Gasteiger partial charge in [0.2, 0.25) is 5.96 Å². The highest BCUT2D eigenvalue weighted by Gasteiger charge is 2.32. The lowest BCUT2D eigenvalue weighted by Crippen LogP contribution is -2.55.